The summed E-state index contributed by atoms with van der Waals surface area (Å²) in [6.07, 6.45) is 0. The van der Waals surface area contributed by atoms with Crippen LogP contribution in [-0.2, 0) is 9.59 Å². The Balaban J connectivity index is 4.48. The highest BCUT2D eigenvalue weighted by Crippen LogP contribution is 2.02. The molecular weight excluding hydrogens is 194 g/mol. The van der Waals surface area contributed by atoms with E-state index >= 15 is 0 Å². The number of aliphatic carboxylic acids is 1. The summed E-state index contributed by atoms with van der Waals surface area (Å²) in [4.78, 5) is 22.7. The molecule has 0 fully saturated rings. The number of thiol groups is 1. The summed E-state index contributed by atoms with van der Waals surface area (Å²) < 4.78 is 0. The molecule has 0 saturated heterocycles. The number of aliphatic hydroxyl groups excluding tert-OH is 1. The van der Waals surface area contributed by atoms with Gasteiger partial charge in [0.2, 0.25) is 5.91 Å². The van der Waals surface area contributed by atoms with Crippen molar-refractivity contribution < 1.29 is 19.8 Å². The molecule has 0 spiro atoms. The van der Waals surface area contributed by atoms with E-state index < -0.39 is 12.0 Å². The predicted octanol–water partition coefficient (Wildman–Crippen LogP) is -0.790. The number of carbonyl (C=O) groups is 2. The first-order chi connectivity index (χ1) is 6.04. The van der Waals surface area contributed by atoms with Crippen molar-refractivity contribution in [1.82, 2.24) is 4.90 Å². The van der Waals surface area contributed by atoms with Gasteiger partial charge in [-0.2, -0.15) is 12.6 Å². The Hall–Kier alpha value is -0.750. The molecule has 0 aliphatic rings. The SMILES string of the molecule is CC(=O)N(CCO)[C@@H](CS)C(=O)O. The van der Waals surface area contributed by atoms with E-state index in [-0.39, 0.29) is 24.8 Å². The van der Waals surface area contributed by atoms with Crippen molar-refractivity contribution >= 4 is 24.5 Å². The second-order valence-corrected chi connectivity index (χ2v) is 2.84. The summed E-state index contributed by atoms with van der Waals surface area (Å²) in [6.45, 7) is 1.03. The van der Waals surface area contributed by atoms with Gasteiger partial charge in [0.15, 0.2) is 0 Å². The number of hydrogen-bond acceptors (Lipinski definition) is 4. The molecule has 76 valence electrons. The van der Waals surface area contributed by atoms with E-state index in [1.54, 1.807) is 0 Å². The minimum absolute atomic E-state index is 0.0207. The molecule has 0 aliphatic carbocycles. The molecule has 5 nitrogen and oxygen atoms in total. The van der Waals surface area contributed by atoms with Gasteiger partial charge >= 0.3 is 5.97 Å². The van der Waals surface area contributed by atoms with Gasteiger partial charge in [0.1, 0.15) is 6.04 Å². The summed E-state index contributed by atoms with van der Waals surface area (Å²) in [6, 6.07) is -0.965. The molecule has 0 radical (unpaired) electrons. The van der Waals surface area contributed by atoms with Crippen molar-refractivity contribution in [3.8, 4) is 0 Å². The average molecular weight is 207 g/mol. The standard InChI is InChI=1S/C7H13NO4S/c1-5(10)8(2-3-9)6(4-13)7(11)12/h6,9,13H,2-4H2,1H3,(H,11,12)/t6-/m0/s1. The summed E-state index contributed by atoms with van der Waals surface area (Å²) in [5.74, 6) is -1.45. The van der Waals surface area contributed by atoms with E-state index in [9.17, 15) is 9.59 Å². The van der Waals surface area contributed by atoms with Crippen LogP contribution in [0, 0.1) is 0 Å². The van der Waals surface area contributed by atoms with E-state index in [2.05, 4.69) is 12.6 Å². The van der Waals surface area contributed by atoms with Crippen LogP contribution in [0.4, 0.5) is 0 Å². The summed E-state index contributed by atoms with van der Waals surface area (Å²) in [7, 11) is 0. The van der Waals surface area contributed by atoms with E-state index in [0.29, 0.717) is 0 Å². The Morgan fingerprint density at radius 1 is 1.54 bits per heavy atom. The monoisotopic (exact) mass is 207 g/mol. The lowest BCUT2D eigenvalue weighted by atomic mass is 10.3. The molecule has 1 atom stereocenters. The van der Waals surface area contributed by atoms with Crippen LogP contribution in [0.15, 0.2) is 0 Å². The van der Waals surface area contributed by atoms with Crippen molar-refractivity contribution in [2.75, 3.05) is 18.9 Å². The second kappa shape index (κ2) is 5.82. The molecule has 6 heteroatoms. The lowest BCUT2D eigenvalue weighted by Gasteiger charge is -2.25. The largest absolute Gasteiger partial charge is 0.480 e. The molecule has 0 aromatic rings. The lowest BCUT2D eigenvalue weighted by Crippen LogP contribution is -2.46. The lowest BCUT2D eigenvalue weighted by molar-refractivity contribution is -0.148. The van der Waals surface area contributed by atoms with Crippen LogP contribution in [0.1, 0.15) is 6.92 Å². The molecule has 0 aliphatic heterocycles. The molecule has 0 rings (SSSR count). The van der Waals surface area contributed by atoms with E-state index in [0.717, 1.165) is 4.90 Å². The predicted molar refractivity (Wildman–Crippen MR) is 49.7 cm³/mol. The fraction of sp³-hybridized carbons (Fsp3) is 0.714. The number of rotatable bonds is 5. The molecule has 0 aromatic heterocycles. The quantitative estimate of drug-likeness (QED) is 0.516. The van der Waals surface area contributed by atoms with Gasteiger partial charge in [-0.25, -0.2) is 4.79 Å². The van der Waals surface area contributed by atoms with Crippen LogP contribution in [-0.4, -0.2) is 51.9 Å². The third-order valence-electron chi connectivity index (χ3n) is 1.58. The maximum atomic E-state index is 11.0. The van der Waals surface area contributed by atoms with Crippen molar-refractivity contribution in [2.24, 2.45) is 0 Å². The summed E-state index contributed by atoms with van der Waals surface area (Å²) >= 11 is 3.83. The third-order valence-corrected chi connectivity index (χ3v) is 1.93. The minimum Gasteiger partial charge on any atom is -0.480 e. The highest BCUT2D eigenvalue weighted by atomic mass is 32.1. The maximum absolute atomic E-state index is 11.0. The maximum Gasteiger partial charge on any atom is 0.327 e. The Bertz CT molecular complexity index is 197. The topological polar surface area (TPSA) is 77.8 Å². The number of nitrogens with zero attached hydrogens (tertiary/aromatic N) is 1. The number of carboxylic acid groups (broad SMARTS) is 1. The zero-order chi connectivity index (χ0) is 10.4. The van der Waals surface area contributed by atoms with Gasteiger partial charge in [-0.3, -0.25) is 4.79 Å². The molecule has 2 N–H and O–H groups in total. The van der Waals surface area contributed by atoms with Crippen molar-refractivity contribution in [3.63, 3.8) is 0 Å². The first-order valence-electron chi connectivity index (χ1n) is 3.76. The highest BCUT2D eigenvalue weighted by Gasteiger charge is 2.25. The molecule has 0 heterocycles. The molecule has 0 aromatic carbocycles. The zero-order valence-corrected chi connectivity index (χ0v) is 8.20. The second-order valence-electron chi connectivity index (χ2n) is 2.47. The molecule has 13 heavy (non-hydrogen) atoms. The van der Waals surface area contributed by atoms with E-state index in [1.165, 1.54) is 6.92 Å². The van der Waals surface area contributed by atoms with E-state index in [1.807, 2.05) is 0 Å². The smallest absolute Gasteiger partial charge is 0.327 e. The number of carboxylic acids is 1. The third kappa shape index (κ3) is 3.65. The number of amides is 1. The Kier molecular flexibility index (Phi) is 5.48. The molecular formula is C7H13NO4S. The van der Waals surface area contributed by atoms with Crippen LogP contribution in [0.3, 0.4) is 0 Å². The zero-order valence-electron chi connectivity index (χ0n) is 7.30. The molecule has 0 unspecified atom stereocenters. The molecule has 0 saturated carbocycles. The van der Waals surface area contributed by atoms with Crippen LogP contribution >= 0.6 is 12.6 Å². The van der Waals surface area contributed by atoms with Gasteiger partial charge in [0, 0.05) is 19.2 Å². The normalized spacial score (nSPS) is 12.2. The highest BCUT2D eigenvalue weighted by molar-refractivity contribution is 7.80. The first-order valence-corrected chi connectivity index (χ1v) is 4.39. The van der Waals surface area contributed by atoms with Crippen LogP contribution in [0.5, 0.6) is 0 Å². The Morgan fingerprint density at radius 2 is 2.08 bits per heavy atom. The summed E-state index contributed by atoms with van der Waals surface area (Å²) in [5.41, 5.74) is 0. The molecule has 0 bridgehead atoms. The fourth-order valence-electron chi connectivity index (χ4n) is 0.950. The van der Waals surface area contributed by atoms with Crippen molar-refractivity contribution in [1.29, 1.82) is 0 Å². The van der Waals surface area contributed by atoms with Crippen molar-refractivity contribution in [2.45, 2.75) is 13.0 Å². The van der Waals surface area contributed by atoms with Gasteiger partial charge in [0.05, 0.1) is 6.61 Å². The van der Waals surface area contributed by atoms with Crippen LogP contribution in [0.2, 0.25) is 0 Å². The van der Waals surface area contributed by atoms with Gasteiger partial charge in [-0.1, -0.05) is 0 Å². The minimum atomic E-state index is -1.11. The number of carbonyl (C=O) groups excluding carboxylic acids is 1. The Labute approximate surface area is 81.8 Å². The molecule has 1 amide bonds. The van der Waals surface area contributed by atoms with Crippen LogP contribution in [0.25, 0.3) is 0 Å². The fourth-order valence-corrected chi connectivity index (χ4v) is 1.30. The van der Waals surface area contributed by atoms with Gasteiger partial charge in [-0.05, 0) is 0 Å². The van der Waals surface area contributed by atoms with Gasteiger partial charge in [-0.15, -0.1) is 0 Å². The Morgan fingerprint density at radius 3 is 2.31 bits per heavy atom. The average Bonchev–Trinajstić information content (AvgIpc) is 2.03. The van der Waals surface area contributed by atoms with Gasteiger partial charge < -0.3 is 15.1 Å². The van der Waals surface area contributed by atoms with Crippen molar-refractivity contribution in [3.05, 3.63) is 0 Å². The first kappa shape index (κ1) is 12.2. The summed E-state index contributed by atoms with van der Waals surface area (Å²) in [5, 5.41) is 17.3. The van der Waals surface area contributed by atoms with E-state index in [4.69, 9.17) is 10.2 Å². The number of aliphatic hydroxyl groups is 1. The van der Waals surface area contributed by atoms with Gasteiger partial charge in [0.25, 0.3) is 0 Å². The van der Waals surface area contributed by atoms with Crippen LogP contribution < -0.4 is 0 Å². The number of hydrogen-bond donors (Lipinski definition) is 3.